The highest BCUT2D eigenvalue weighted by Crippen LogP contribution is 2.27. The van der Waals surface area contributed by atoms with Crippen LogP contribution in [0.25, 0.3) is 16.9 Å². The van der Waals surface area contributed by atoms with Crippen molar-refractivity contribution in [1.82, 2.24) is 14.6 Å². The van der Waals surface area contributed by atoms with Crippen LogP contribution in [0, 0.1) is 0 Å². The Hall–Kier alpha value is -3.88. The molecule has 4 aromatic rings. The Balaban J connectivity index is 1.61. The molecule has 9 heteroatoms. The molecule has 0 bridgehead atoms. The summed E-state index contributed by atoms with van der Waals surface area (Å²) in [4.78, 5) is 15.8. The van der Waals surface area contributed by atoms with E-state index in [9.17, 15) is 18.0 Å². The Morgan fingerprint density at radius 1 is 1.00 bits per heavy atom. The lowest BCUT2D eigenvalue weighted by molar-refractivity contribution is -0.274. The van der Waals surface area contributed by atoms with Gasteiger partial charge in [-0.05, 0) is 67.6 Å². The number of anilines is 2. The van der Waals surface area contributed by atoms with Gasteiger partial charge in [-0.25, -0.2) is 4.52 Å². The van der Waals surface area contributed by atoms with Gasteiger partial charge < -0.3 is 10.1 Å². The van der Waals surface area contributed by atoms with Gasteiger partial charge in [-0.2, -0.15) is 4.98 Å². The third kappa shape index (κ3) is 4.24. The van der Waals surface area contributed by atoms with Gasteiger partial charge in [0.25, 0.3) is 0 Å². The monoisotopic (exact) mass is 412 g/mol. The van der Waals surface area contributed by atoms with Crippen LogP contribution < -0.4 is 10.1 Å². The summed E-state index contributed by atoms with van der Waals surface area (Å²) in [6.45, 7) is 1.50. The van der Waals surface area contributed by atoms with Gasteiger partial charge in [0, 0.05) is 16.8 Å². The maximum absolute atomic E-state index is 12.3. The van der Waals surface area contributed by atoms with Crippen LogP contribution >= 0.6 is 0 Å². The number of hydrogen-bond acceptors (Lipinski definition) is 5. The van der Waals surface area contributed by atoms with Crippen molar-refractivity contribution in [3.8, 4) is 17.0 Å². The van der Waals surface area contributed by atoms with Gasteiger partial charge in [0.1, 0.15) is 5.75 Å². The number of nitrogens with one attached hydrogen (secondary N) is 1. The topological polar surface area (TPSA) is 68.5 Å². The number of alkyl halides is 3. The van der Waals surface area contributed by atoms with Crippen molar-refractivity contribution in [2.75, 3.05) is 5.32 Å². The summed E-state index contributed by atoms with van der Waals surface area (Å²) in [5.74, 6) is 0.0205. The molecule has 0 aliphatic rings. The number of carbonyl (C=O) groups excluding carboxylic acids is 1. The Labute approximate surface area is 168 Å². The smallest absolute Gasteiger partial charge is 0.406 e. The van der Waals surface area contributed by atoms with Crippen LogP contribution in [0.15, 0.2) is 66.7 Å². The predicted octanol–water partition coefficient (Wildman–Crippen LogP) is 5.24. The first kappa shape index (κ1) is 19.4. The first-order chi connectivity index (χ1) is 14.3. The van der Waals surface area contributed by atoms with Crippen molar-refractivity contribution < 1.29 is 22.7 Å². The second-order valence-corrected chi connectivity index (χ2v) is 6.45. The number of fused-ring (bicyclic) bond motifs is 1. The first-order valence-corrected chi connectivity index (χ1v) is 8.88. The zero-order valence-corrected chi connectivity index (χ0v) is 15.6. The number of nitrogens with zero attached hydrogens (tertiary/aromatic N) is 3. The SMILES string of the molecule is CC(=O)c1ccc(Nc2nc3cccc(-c4ccc(OC(F)(F)F)cc4)n3n2)cc1. The number of aromatic nitrogens is 3. The molecule has 0 aliphatic heterocycles. The molecule has 0 radical (unpaired) electrons. The zero-order chi connectivity index (χ0) is 21.3. The largest absolute Gasteiger partial charge is 0.573 e. The lowest BCUT2D eigenvalue weighted by Gasteiger charge is -2.09. The van der Waals surface area contributed by atoms with Gasteiger partial charge in [-0.1, -0.05) is 6.07 Å². The molecule has 4 rings (SSSR count). The van der Waals surface area contributed by atoms with Gasteiger partial charge in [-0.15, -0.1) is 18.3 Å². The predicted molar refractivity (Wildman–Crippen MR) is 105 cm³/mol. The van der Waals surface area contributed by atoms with Crippen molar-refractivity contribution in [1.29, 1.82) is 0 Å². The number of pyridine rings is 1. The number of ether oxygens (including phenoxy) is 1. The Morgan fingerprint density at radius 3 is 2.33 bits per heavy atom. The number of benzene rings is 2. The summed E-state index contributed by atoms with van der Waals surface area (Å²) in [7, 11) is 0. The third-order valence-corrected chi connectivity index (χ3v) is 4.29. The molecule has 0 saturated heterocycles. The summed E-state index contributed by atoms with van der Waals surface area (Å²) < 4.78 is 42.5. The molecule has 2 aromatic carbocycles. The van der Waals surface area contributed by atoms with Gasteiger partial charge in [0.15, 0.2) is 11.4 Å². The average molecular weight is 412 g/mol. The first-order valence-electron chi connectivity index (χ1n) is 8.88. The fourth-order valence-corrected chi connectivity index (χ4v) is 2.92. The van der Waals surface area contributed by atoms with Crippen LogP contribution in [0.3, 0.4) is 0 Å². The Kier molecular flexibility index (Phi) is 4.86. The molecule has 0 amide bonds. The second-order valence-electron chi connectivity index (χ2n) is 6.45. The fourth-order valence-electron chi connectivity index (χ4n) is 2.92. The van der Waals surface area contributed by atoms with Crippen LogP contribution in [0.4, 0.5) is 24.8 Å². The maximum Gasteiger partial charge on any atom is 0.573 e. The number of carbonyl (C=O) groups is 1. The number of ketones is 1. The molecule has 0 saturated carbocycles. The van der Waals surface area contributed by atoms with Crippen molar-refractivity contribution in [3.05, 3.63) is 72.3 Å². The minimum atomic E-state index is -4.74. The fraction of sp³-hybridized carbons (Fsp3) is 0.0952. The lowest BCUT2D eigenvalue weighted by Crippen LogP contribution is -2.16. The number of halogens is 3. The zero-order valence-electron chi connectivity index (χ0n) is 15.6. The quantitative estimate of drug-likeness (QED) is 0.454. The summed E-state index contributed by atoms with van der Waals surface area (Å²) in [6, 6.07) is 17.8. The van der Waals surface area contributed by atoms with Gasteiger partial charge in [0.2, 0.25) is 5.95 Å². The number of rotatable bonds is 5. The molecule has 2 aromatic heterocycles. The van der Waals surface area contributed by atoms with E-state index in [2.05, 4.69) is 20.1 Å². The summed E-state index contributed by atoms with van der Waals surface area (Å²) in [5.41, 5.74) is 3.18. The van der Waals surface area contributed by atoms with Crippen molar-refractivity contribution in [3.63, 3.8) is 0 Å². The summed E-state index contributed by atoms with van der Waals surface area (Å²) in [5, 5.41) is 7.51. The highest BCUT2D eigenvalue weighted by molar-refractivity contribution is 5.94. The average Bonchev–Trinajstić information content (AvgIpc) is 3.10. The Morgan fingerprint density at radius 2 is 1.70 bits per heavy atom. The normalized spacial score (nSPS) is 11.5. The van der Waals surface area contributed by atoms with E-state index in [1.807, 2.05) is 0 Å². The van der Waals surface area contributed by atoms with Crippen LogP contribution in [0.2, 0.25) is 0 Å². The summed E-state index contributed by atoms with van der Waals surface area (Å²) >= 11 is 0. The van der Waals surface area contributed by atoms with Gasteiger partial charge in [0.05, 0.1) is 5.69 Å². The molecule has 0 atom stereocenters. The van der Waals surface area contributed by atoms with Crippen LogP contribution in [-0.4, -0.2) is 26.7 Å². The highest BCUT2D eigenvalue weighted by Gasteiger charge is 2.31. The molecule has 152 valence electrons. The molecule has 0 unspecified atom stereocenters. The van der Waals surface area contributed by atoms with Crippen molar-refractivity contribution >= 4 is 23.1 Å². The molecule has 0 fully saturated rings. The Bertz CT molecular complexity index is 1200. The molecule has 2 heterocycles. The van der Waals surface area contributed by atoms with E-state index in [-0.39, 0.29) is 11.5 Å². The minimum Gasteiger partial charge on any atom is -0.406 e. The number of Topliss-reactive ketones (excluding diaryl/α,β-unsaturated/α-hetero) is 1. The van der Waals surface area contributed by atoms with Crippen LogP contribution in [-0.2, 0) is 0 Å². The van der Waals surface area contributed by atoms with Gasteiger partial charge >= 0.3 is 6.36 Å². The van der Waals surface area contributed by atoms with Crippen molar-refractivity contribution in [2.45, 2.75) is 13.3 Å². The maximum atomic E-state index is 12.3. The van der Waals surface area contributed by atoms with E-state index in [0.29, 0.717) is 34.1 Å². The molecule has 0 aliphatic carbocycles. The van der Waals surface area contributed by atoms with E-state index in [1.54, 1.807) is 47.0 Å². The molecule has 0 spiro atoms. The van der Waals surface area contributed by atoms with E-state index in [4.69, 9.17) is 0 Å². The molecule has 6 nitrogen and oxygen atoms in total. The van der Waals surface area contributed by atoms with Crippen LogP contribution in [0.1, 0.15) is 17.3 Å². The standard InChI is InChI=1S/C21H15F3N4O2/c1-13(29)14-5-9-16(10-6-14)25-20-26-19-4-2-3-18(28(19)27-20)15-7-11-17(12-8-15)30-21(22,23)24/h2-12H,1H3,(H,25,27). The second kappa shape index (κ2) is 7.51. The molecular formula is C21H15F3N4O2. The van der Waals surface area contributed by atoms with E-state index >= 15 is 0 Å². The van der Waals surface area contributed by atoms with Gasteiger partial charge in [-0.3, -0.25) is 4.79 Å². The van der Waals surface area contributed by atoms with E-state index in [1.165, 1.54) is 31.2 Å². The van der Waals surface area contributed by atoms with E-state index in [0.717, 1.165) is 0 Å². The third-order valence-electron chi connectivity index (χ3n) is 4.29. The molecule has 30 heavy (non-hydrogen) atoms. The molecular weight excluding hydrogens is 397 g/mol. The van der Waals surface area contributed by atoms with E-state index < -0.39 is 6.36 Å². The minimum absolute atomic E-state index is 0.0244. The van der Waals surface area contributed by atoms with Crippen molar-refractivity contribution in [2.24, 2.45) is 0 Å². The highest BCUT2D eigenvalue weighted by atomic mass is 19.4. The number of hydrogen-bond donors (Lipinski definition) is 1. The summed E-state index contributed by atoms with van der Waals surface area (Å²) in [6.07, 6.45) is -4.74. The molecule has 1 N–H and O–H groups in total. The lowest BCUT2D eigenvalue weighted by atomic mass is 10.1. The van der Waals surface area contributed by atoms with Crippen LogP contribution in [0.5, 0.6) is 5.75 Å².